The molecule has 1 aromatic rings. The van der Waals surface area contributed by atoms with E-state index in [0.29, 0.717) is 5.69 Å². The molecule has 0 atom stereocenters. The van der Waals surface area contributed by atoms with Crippen LogP contribution >= 0.6 is 0 Å². The van der Waals surface area contributed by atoms with E-state index >= 15 is 0 Å². The van der Waals surface area contributed by atoms with Crippen LogP contribution in [0.2, 0.25) is 0 Å². The standard InChI is InChI=1S/C13H20N2O4S/c1-13(2,12(16)17)15(5)10-6-8-11(9-7-10)20(18,19)14(3)4/h6-9H,1-5H3,(H,16,17). The first-order chi connectivity index (χ1) is 9.01. The Morgan fingerprint density at radius 2 is 1.55 bits per heavy atom. The summed E-state index contributed by atoms with van der Waals surface area (Å²) in [6, 6.07) is 6.14. The Labute approximate surface area is 119 Å². The van der Waals surface area contributed by atoms with Crippen LogP contribution in [-0.2, 0) is 14.8 Å². The fraction of sp³-hybridized carbons (Fsp3) is 0.462. The average molecular weight is 300 g/mol. The average Bonchev–Trinajstić information content (AvgIpc) is 2.37. The molecular formula is C13H20N2O4S. The summed E-state index contributed by atoms with van der Waals surface area (Å²) >= 11 is 0. The summed E-state index contributed by atoms with van der Waals surface area (Å²) in [4.78, 5) is 13.0. The fourth-order valence-corrected chi connectivity index (χ4v) is 2.42. The number of rotatable bonds is 5. The summed E-state index contributed by atoms with van der Waals surface area (Å²) in [5.41, 5.74) is -0.447. The van der Waals surface area contributed by atoms with Gasteiger partial charge in [-0.3, -0.25) is 0 Å². The summed E-state index contributed by atoms with van der Waals surface area (Å²) in [5.74, 6) is -0.954. The molecule has 0 aliphatic carbocycles. The van der Waals surface area contributed by atoms with Crippen LogP contribution in [0.1, 0.15) is 13.8 Å². The Morgan fingerprint density at radius 1 is 1.10 bits per heavy atom. The van der Waals surface area contributed by atoms with Crippen molar-refractivity contribution in [2.24, 2.45) is 0 Å². The molecule has 1 N–H and O–H groups in total. The molecule has 0 aliphatic heterocycles. The maximum atomic E-state index is 11.9. The van der Waals surface area contributed by atoms with Gasteiger partial charge in [-0.2, -0.15) is 0 Å². The van der Waals surface area contributed by atoms with Crippen LogP contribution in [-0.4, -0.2) is 50.5 Å². The van der Waals surface area contributed by atoms with Crippen molar-refractivity contribution in [2.75, 3.05) is 26.0 Å². The highest BCUT2D eigenvalue weighted by molar-refractivity contribution is 7.89. The van der Waals surface area contributed by atoms with E-state index < -0.39 is 21.5 Å². The van der Waals surface area contributed by atoms with E-state index in [1.165, 1.54) is 26.2 Å². The third-order valence-electron chi connectivity index (χ3n) is 3.36. The molecule has 112 valence electrons. The number of nitrogens with zero attached hydrogens (tertiary/aromatic N) is 2. The number of benzene rings is 1. The zero-order valence-corrected chi connectivity index (χ0v) is 13.1. The molecule has 0 bridgehead atoms. The minimum atomic E-state index is -3.47. The van der Waals surface area contributed by atoms with Crippen molar-refractivity contribution in [3.63, 3.8) is 0 Å². The first kappa shape index (κ1) is 16.5. The van der Waals surface area contributed by atoms with Gasteiger partial charge in [0.05, 0.1) is 4.90 Å². The third kappa shape index (κ3) is 2.94. The maximum absolute atomic E-state index is 11.9. The second-order valence-electron chi connectivity index (χ2n) is 5.20. The van der Waals surface area contributed by atoms with Gasteiger partial charge in [0.1, 0.15) is 5.54 Å². The Hall–Kier alpha value is -1.60. The number of likely N-dealkylation sites (N-methyl/N-ethyl adjacent to an activating group) is 1. The Bertz CT molecular complexity index is 591. The lowest BCUT2D eigenvalue weighted by Crippen LogP contribution is -2.48. The highest BCUT2D eigenvalue weighted by Crippen LogP contribution is 2.24. The molecule has 0 heterocycles. The summed E-state index contributed by atoms with van der Waals surface area (Å²) in [7, 11) is 1.11. The summed E-state index contributed by atoms with van der Waals surface area (Å²) in [6.07, 6.45) is 0. The number of carbonyl (C=O) groups is 1. The Morgan fingerprint density at radius 3 is 1.90 bits per heavy atom. The lowest BCUT2D eigenvalue weighted by Gasteiger charge is -2.33. The molecule has 0 radical (unpaired) electrons. The van der Waals surface area contributed by atoms with Crippen LogP contribution in [0.4, 0.5) is 5.69 Å². The van der Waals surface area contributed by atoms with Crippen LogP contribution < -0.4 is 4.90 Å². The summed E-state index contributed by atoms with van der Waals surface area (Å²) < 4.78 is 25.0. The van der Waals surface area contributed by atoms with Gasteiger partial charge in [-0.25, -0.2) is 17.5 Å². The molecule has 0 aliphatic rings. The van der Waals surface area contributed by atoms with E-state index in [9.17, 15) is 18.3 Å². The molecule has 1 aromatic carbocycles. The number of anilines is 1. The lowest BCUT2D eigenvalue weighted by molar-refractivity contribution is -0.142. The van der Waals surface area contributed by atoms with Crippen LogP contribution in [0.3, 0.4) is 0 Å². The number of sulfonamides is 1. The van der Waals surface area contributed by atoms with Crippen molar-refractivity contribution in [3.05, 3.63) is 24.3 Å². The maximum Gasteiger partial charge on any atom is 0.328 e. The van der Waals surface area contributed by atoms with E-state index in [1.807, 2.05) is 0 Å². The zero-order chi connectivity index (χ0) is 15.7. The molecule has 6 nitrogen and oxygen atoms in total. The second kappa shape index (κ2) is 5.41. The van der Waals surface area contributed by atoms with Gasteiger partial charge in [0.15, 0.2) is 0 Å². The predicted molar refractivity (Wildman–Crippen MR) is 77.4 cm³/mol. The Kier molecular flexibility index (Phi) is 4.45. The highest BCUT2D eigenvalue weighted by Gasteiger charge is 2.32. The van der Waals surface area contributed by atoms with Gasteiger partial charge >= 0.3 is 5.97 Å². The normalized spacial score (nSPS) is 12.5. The second-order valence-corrected chi connectivity index (χ2v) is 7.36. The van der Waals surface area contributed by atoms with E-state index in [2.05, 4.69) is 0 Å². The van der Waals surface area contributed by atoms with Gasteiger partial charge < -0.3 is 10.0 Å². The Balaban J connectivity index is 3.13. The van der Waals surface area contributed by atoms with Gasteiger partial charge in [-0.1, -0.05) is 0 Å². The van der Waals surface area contributed by atoms with Gasteiger partial charge in [0.25, 0.3) is 0 Å². The van der Waals surface area contributed by atoms with Crippen molar-refractivity contribution >= 4 is 21.7 Å². The summed E-state index contributed by atoms with van der Waals surface area (Å²) in [5, 5.41) is 9.19. The predicted octanol–water partition coefficient (Wildman–Crippen LogP) is 1.24. The van der Waals surface area contributed by atoms with Crippen molar-refractivity contribution in [1.82, 2.24) is 4.31 Å². The van der Waals surface area contributed by atoms with Crippen LogP contribution in [0, 0.1) is 0 Å². The molecule has 20 heavy (non-hydrogen) atoms. The molecule has 7 heteroatoms. The quantitative estimate of drug-likeness (QED) is 0.885. The summed E-state index contributed by atoms with van der Waals surface area (Å²) in [6.45, 7) is 3.17. The topological polar surface area (TPSA) is 77.9 Å². The first-order valence-electron chi connectivity index (χ1n) is 6.01. The van der Waals surface area contributed by atoms with Crippen molar-refractivity contribution in [2.45, 2.75) is 24.3 Å². The van der Waals surface area contributed by atoms with Crippen molar-refractivity contribution in [1.29, 1.82) is 0 Å². The molecule has 0 aromatic heterocycles. The molecular weight excluding hydrogens is 280 g/mol. The molecule has 0 saturated heterocycles. The zero-order valence-electron chi connectivity index (χ0n) is 12.3. The van der Waals surface area contributed by atoms with Gasteiger partial charge in [-0.15, -0.1) is 0 Å². The number of carboxylic acid groups (broad SMARTS) is 1. The first-order valence-corrected chi connectivity index (χ1v) is 7.45. The molecule has 0 amide bonds. The van der Waals surface area contributed by atoms with Gasteiger partial charge in [0, 0.05) is 26.8 Å². The number of hydrogen-bond acceptors (Lipinski definition) is 4. The number of aliphatic carboxylic acids is 1. The highest BCUT2D eigenvalue weighted by atomic mass is 32.2. The van der Waals surface area contributed by atoms with Crippen molar-refractivity contribution in [3.8, 4) is 0 Å². The minimum absolute atomic E-state index is 0.174. The van der Waals surface area contributed by atoms with E-state index in [4.69, 9.17) is 0 Å². The monoisotopic (exact) mass is 300 g/mol. The molecule has 0 unspecified atom stereocenters. The number of hydrogen-bond donors (Lipinski definition) is 1. The van der Waals surface area contributed by atoms with Crippen molar-refractivity contribution < 1.29 is 18.3 Å². The van der Waals surface area contributed by atoms with E-state index in [1.54, 1.807) is 37.9 Å². The van der Waals surface area contributed by atoms with Gasteiger partial charge in [-0.05, 0) is 38.1 Å². The van der Waals surface area contributed by atoms with Gasteiger partial charge in [0.2, 0.25) is 10.0 Å². The molecule has 0 fully saturated rings. The van der Waals surface area contributed by atoms with E-state index in [-0.39, 0.29) is 4.90 Å². The fourth-order valence-electron chi connectivity index (χ4n) is 1.52. The molecule has 0 spiro atoms. The third-order valence-corrected chi connectivity index (χ3v) is 5.19. The smallest absolute Gasteiger partial charge is 0.328 e. The van der Waals surface area contributed by atoms with E-state index in [0.717, 1.165) is 4.31 Å². The number of carboxylic acids is 1. The largest absolute Gasteiger partial charge is 0.480 e. The molecule has 0 saturated carbocycles. The lowest BCUT2D eigenvalue weighted by atomic mass is 10.0. The van der Waals surface area contributed by atoms with Crippen LogP contribution in [0.5, 0.6) is 0 Å². The van der Waals surface area contributed by atoms with Crippen LogP contribution in [0.15, 0.2) is 29.2 Å². The minimum Gasteiger partial charge on any atom is -0.480 e. The van der Waals surface area contributed by atoms with Crippen LogP contribution in [0.25, 0.3) is 0 Å². The SMILES string of the molecule is CN(c1ccc(S(=O)(=O)N(C)C)cc1)C(C)(C)C(=O)O. The molecule has 1 rings (SSSR count).